The highest BCUT2D eigenvalue weighted by Gasteiger charge is 2.28. The Labute approximate surface area is 106 Å². The summed E-state index contributed by atoms with van der Waals surface area (Å²) in [6.07, 6.45) is 0. The molecule has 0 amide bonds. The Balaban J connectivity index is 2.31. The standard InChI is InChI=1S/C13H17NO4/c1-8-6-10-11(18-5-4-17-10)7-9(8)14-13(2,3)12(15)16/h6-7,14H,4-5H2,1-3H3,(H,15,16). The first-order valence-corrected chi connectivity index (χ1v) is 5.82. The number of aliphatic carboxylic acids is 1. The first-order valence-electron chi connectivity index (χ1n) is 5.82. The molecule has 18 heavy (non-hydrogen) atoms. The van der Waals surface area contributed by atoms with E-state index >= 15 is 0 Å². The maximum absolute atomic E-state index is 11.1. The maximum atomic E-state index is 11.1. The molecule has 1 aromatic rings. The van der Waals surface area contributed by atoms with E-state index in [2.05, 4.69) is 5.32 Å². The van der Waals surface area contributed by atoms with Crippen LogP contribution in [-0.2, 0) is 4.79 Å². The van der Waals surface area contributed by atoms with Crippen molar-refractivity contribution in [1.82, 2.24) is 0 Å². The lowest BCUT2D eigenvalue weighted by Gasteiger charge is -2.26. The van der Waals surface area contributed by atoms with Gasteiger partial charge in [-0.15, -0.1) is 0 Å². The molecule has 1 heterocycles. The second-order valence-corrected chi connectivity index (χ2v) is 4.87. The van der Waals surface area contributed by atoms with Crippen molar-refractivity contribution in [1.29, 1.82) is 0 Å². The molecule has 0 bridgehead atoms. The van der Waals surface area contributed by atoms with Gasteiger partial charge in [0.2, 0.25) is 0 Å². The fourth-order valence-electron chi connectivity index (χ4n) is 1.72. The molecule has 0 radical (unpaired) electrons. The highest BCUT2D eigenvalue weighted by molar-refractivity contribution is 5.82. The molecule has 0 fully saturated rings. The zero-order valence-electron chi connectivity index (χ0n) is 10.7. The summed E-state index contributed by atoms with van der Waals surface area (Å²) in [5.74, 6) is 0.449. The van der Waals surface area contributed by atoms with Crippen LogP contribution >= 0.6 is 0 Å². The zero-order valence-corrected chi connectivity index (χ0v) is 10.7. The molecule has 0 spiro atoms. The third kappa shape index (κ3) is 2.34. The lowest BCUT2D eigenvalue weighted by atomic mass is 10.0. The molecule has 1 aliphatic heterocycles. The van der Waals surface area contributed by atoms with Gasteiger partial charge in [-0.2, -0.15) is 0 Å². The molecule has 2 N–H and O–H groups in total. The van der Waals surface area contributed by atoms with Crippen LogP contribution in [0, 0.1) is 6.92 Å². The number of hydrogen-bond acceptors (Lipinski definition) is 4. The molecule has 0 aromatic heterocycles. The van der Waals surface area contributed by atoms with Gasteiger partial charge in [0.15, 0.2) is 11.5 Å². The summed E-state index contributed by atoms with van der Waals surface area (Å²) < 4.78 is 10.9. The Bertz CT molecular complexity index is 482. The molecular formula is C13H17NO4. The van der Waals surface area contributed by atoms with Crippen molar-refractivity contribution in [3.8, 4) is 11.5 Å². The molecule has 1 aromatic carbocycles. The van der Waals surface area contributed by atoms with Crippen molar-refractivity contribution in [3.05, 3.63) is 17.7 Å². The van der Waals surface area contributed by atoms with E-state index in [4.69, 9.17) is 14.6 Å². The van der Waals surface area contributed by atoms with E-state index in [1.807, 2.05) is 13.0 Å². The van der Waals surface area contributed by atoms with Crippen LogP contribution in [-0.4, -0.2) is 29.8 Å². The fourth-order valence-corrected chi connectivity index (χ4v) is 1.72. The monoisotopic (exact) mass is 251 g/mol. The Morgan fingerprint density at radius 1 is 1.28 bits per heavy atom. The van der Waals surface area contributed by atoms with E-state index < -0.39 is 11.5 Å². The van der Waals surface area contributed by atoms with Gasteiger partial charge in [0.1, 0.15) is 18.8 Å². The third-order valence-corrected chi connectivity index (χ3v) is 2.87. The van der Waals surface area contributed by atoms with Crippen molar-refractivity contribution >= 4 is 11.7 Å². The van der Waals surface area contributed by atoms with Gasteiger partial charge in [-0.05, 0) is 32.4 Å². The topological polar surface area (TPSA) is 67.8 Å². The van der Waals surface area contributed by atoms with Gasteiger partial charge in [0, 0.05) is 11.8 Å². The minimum absolute atomic E-state index is 0.512. The molecule has 1 aliphatic rings. The normalized spacial score (nSPS) is 14.2. The van der Waals surface area contributed by atoms with Crippen LogP contribution < -0.4 is 14.8 Å². The summed E-state index contributed by atoms with van der Waals surface area (Å²) in [6.45, 7) is 6.19. The quantitative estimate of drug-likeness (QED) is 0.860. The van der Waals surface area contributed by atoms with Crippen LogP contribution in [0.15, 0.2) is 12.1 Å². The van der Waals surface area contributed by atoms with E-state index in [9.17, 15) is 4.79 Å². The molecule has 0 aliphatic carbocycles. The lowest BCUT2D eigenvalue weighted by Crippen LogP contribution is -2.40. The molecule has 2 rings (SSSR count). The maximum Gasteiger partial charge on any atom is 0.328 e. The van der Waals surface area contributed by atoms with Crippen LogP contribution in [0.25, 0.3) is 0 Å². The van der Waals surface area contributed by atoms with Gasteiger partial charge in [-0.1, -0.05) is 0 Å². The number of hydrogen-bond donors (Lipinski definition) is 2. The minimum atomic E-state index is -1.03. The number of aryl methyl sites for hydroxylation is 1. The van der Waals surface area contributed by atoms with E-state index in [0.717, 1.165) is 11.3 Å². The lowest BCUT2D eigenvalue weighted by molar-refractivity contribution is -0.141. The summed E-state index contributed by atoms with van der Waals surface area (Å²) in [7, 11) is 0. The summed E-state index contributed by atoms with van der Waals surface area (Å²) >= 11 is 0. The van der Waals surface area contributed by atoms with Crippen LogP contribution in [0.5, 0.6) is 11.5 Å². The Kier molecular flexibility index (Phi) is 3.07. The molecule has 5 nitrogen and oxygen atoms in total. The van der Waals surface area contributed by atoms with Gasteiger partial charge in [0.25, 0.3) is 0 Å². The molecule has 5 heteroatoms. The SMILES string of the molecule is Cc1cc2c(cc1NC(C)(C)C(=O)O)OCCO2. The number of rotatable bonds is 3. The minimum Gasteiger partial charge on any atom is -0.486 e. The van der Waals surface area contributed by atoms with E-state index in [1.54, 1.807) is 19.9 Å². The van der Waals surface area contributed by atoms with Gasteiger partial charge in [-0.25, -0.2) is 4.79 Å². The highest BCUT2D eigenvalue weighted by atomic mass is 16.6. The molecule has 0 saturated carbocycles. The first kappa shape index (κ1) is 12.5. The van der Waals surface area contributed by atoms with Crippen LogP contribution in [0.3, 0.4) is 0 Å². The van der Waals surface area contributed by atoms with Crippen molar-refractivity contribution in [2.75, 3.05) is 18.5 Å². The molecule has 0 atom stereocenters. The largest absolute Gasteiger partial charge is 0.486 e. The van der Waals surface area contributed by atoms with Crippen molar-refractivity contribution in [3.63, 3.8) is 0 Å². The number of nitrogens with one attached hydrogen (secondary N) is 1. The average molecular weight is 251 g/mol. The predicted molar refractivity (Wildman–Crippen MR) is 67.5 cm³/mol. The van der Waals surface area contributed by atoms with Gasteiger partial charge < -0.3 is 19.9 Å². The number of benzene rings is 1. The molecule has 0 saturated heterocycles. The first-order chi connectivity index (χ1) is 8.40. The van der Waals surface area contributed by atoms with Gasteiger partial charge >= 0.3 is 5.97 Å². The highest BCUT2D eigenvalue weighted by Crippen LogP contribution is 2.36. The fraction of sp³-hybridized carbons (Fsp3) is 0.462. The third-order valence-electron chi connectivity index (χ3n) is 2.87. The number of carbonyl (C=O) groups is 1. The van der Waals surface area contributed by atoms with E-state index in [-0.39, 0.29) is 0 Å². The zero-order chi connectivity index (χ0) is 13.3. The van der Waals surface area contributed by atoms with Crippen molar-refractivity contribution in [2.45, 2.75) is 26.3 Å². The number of anilines is 1. The van der Waals surface area contributed by atoms with E-state index in [0.29, 0.717) is 24.7 Å². The number of carboxylic acid groups (broad SMARTS) is 1. The molecule has 0 unspecified atom stereocenters. The predicted octanol–water partition coefficient (Wildman–Crippen LogP) is 2.04. The van der Waals surface area contributed by atoms with Crippen LogP contribution in [0.1, 0.15) is 19.4 Å². The number of ether oxygens (including phenoxy) is 2. The Hall–Kier alpha value is -1.91. The van der Waals surface area contributed by atoms with Gasteiger partial charge in [-0.3, -0.25) is 0 Å². The second-order valence-electron chi connectivity index (χ2n) is 4.87. The van der Waals surface area contributed by atoms with Crippen molar-refractivity contribution in [2.24, 2.45) is 0 Å². The molecular weight excluding hydrogens is 234 g/mol. The summed E-state index contributed by atoms with van der Waals surface area (Å²) in [4.78, 5) is 11.1. The smallest absolute Gasteiger partial charge is 0.328 e. The average Bonchev–Trinajstić information content (AvgIpc) is 2.29. The van der Waals surface area contributed by atoms with Gasteiger partial charge in [0.05, 0.1) is 0 Å². The molecule has 98 valence electrons. The summed E-state index contributed by atoms with van der Waals surface area (Å²) in [5.41, 5.74) is 0.634. The van der Waals surface area contributed by atoms with Crippen LogP contribution in [0.2, 0.25) is 0 Å². The number of carboxylic acids is 1. The Morgan fingerprint density at radius 2 is 1.83 bits per heavy atom. The van der Waals surface area contributed by atoms with E-state index in [1.165, 1.54) is 0 Å². The summed E-state index contributed by atoms with van der Waals surface area (Å²) in [5, 5.41) is 12.1. The summed E-state index contributed by atoms with van der Waals surface area (Å²) in [6, 6.07) is 3.64. The van der Waals surface area contributed by atoms with Crippen molar-refractivity contribution < 1.29 is 19.4 Å². The second kappa shape index (κ2) is 4.40. The Morgan fingerprint density at radius 3 is 2.39 bits per heavy atom. The van der Waals surface area contributed by atoms with Crippen LogP contribution in [0.4, 0.5) is 5.69 Å². The number of fused-ring (bicyclic) bond motifs is 1.